The molecular weight excluding hydrogens is 262 g/mol. The van der Waals surface area contributed by atoms with Crippen molar-refractivity contribution in [3.05, 3.63) is 23.8 Å². The number of thiazole rings is 1. The molecule has 1 aromatic heterocycles. The summed E-state index contributed by atoms with van der Waals surface area (Å²) in [6.07, 6.45) is 1.28. The number of hydrogen-bond donors (Lipinski definition) is 1. The van der Waals surface area contributed by atoms with Gasteiger partial charge in [0.05, 0.1) is 21.9 Å². The number of nitrogens with zero attached hydrogens (tertiary/aromatic N) is 2. The smallest absolute Gasteiger partial charge is 0.250 e. The number of ether oxygens (including phenoxy) is 1. The number of carbonyl (C=O) groups is 1. The van der Waals surface area contributed by atoms with Gasteiger partial charge < -0.3 is 15.4 Å². The van der Waals surface area contributed by atoms with E-state index < -0.39 is 5.91 Å². The highest BCUT2D eigenvalue weighted by Gasteiger charge is 2.25. The lowest BCUT2D eigenvalue weighted by Crippen LogP contribution is -2.21. The van der Waals surface area contributed by atoms with E-state index in [1.807, 2.05) is 12.1 Å². The number of rotatable bonds is 3. The largest absolute Gasteiger partial charge is 0.380 e. The van der Waals surface area contributed by atoms with Gasteiger partial charge in [-0.25, -0.2) is 4.98 Å². The molecule has 0 aliphatic carbocycles. The van der Waals surface area contributed by atoms with Gasteiger partial charge in [-0.05, 0) is 18.6 Å². The van der Waals surface area contributed by atoms with Crippen LogP contribution in [0.15, 0.2) is 18.2 Å². The lowest BCUT2D eigenvalue weighted by Gasteiger charge is -2.13. The fourth-order valence-corrected chi connectivity index (χ4v) is 3.39. The van der Waals surface area contributed by atoms with Crippen LogP contribution in [0.3, 0.4) is 0 Å². The van der Waals surface area contributed by atoms with Crippen LogP contribution in [0.2, 0.25) is 0 Å². The molecule has 19 heavy (non-hydrogen) atoms. The zero-order valence-electron chi connectivity index (χ0n) is 10.6. The number of nitrogens with two attached hydrogens (primary N) is 1. The van der Waals surface area contributed by atoms with E-state index in [9.17, 15) is 4.79 Å². The van der Waals surface area contributed by atoms with E-state index in [0.717, 1.165) is 29.3 Å². The first kappa shape index (κ1) is 12.4. The third-order valence-electron chi connectivity index (χ3n) is 3.42. The Balaban J connectivity index is 1.98. The SMILES string of the molecule is COC1CCN(c2nc3c(C(N)=O)cccc3s2)C1. The van der Waals surface area contributed by atoms with Crippen molar-refractivity contribution in [2.24, 2.45) is 5.73 Å². The summed E-state index contributed by atoms with van der Waals surface area (Å²) < 4.78 is 6.35. The second kappa shape index (κ2) is 4.79. The summed E-state index contributed by atoms with van der Waals surface area (Å²) in [5.74, 6) is -0.432. The van der Waals surface area contributed by atoms with Crippen molar-refractivity contribution in [1.29, 1.82) is 0 Å². The number of amides is 1. The lowest BCUT2D eigenvalue weighted by atomic mass is 10.2. The zero-order valence-corrected chi connectivity index (χ0v) is 11.4. The normalized spacial score (nSPS) is 19.2. The maximum atomic E-state index is 11.4. The van der Waals surface area contributed by atoms with Crippen molar-refractivity contribution in [3.8, 4) is 0 Å². The molecule has 1 aliphatic rings. The second-order valence-electron chi connectivity index (χ2n) is 4.61. The van der Waals surface area contributed by atoms with Crippen LogP contribution in [0.5, 0.6) is 0 Å². The highest BCUT2D eigenvalue weighted by molar-refractivity contribution is 7.22. The summed E-state index contributed by atoms with van der Waals surface area (Å²) in [6, 6.07) is 5.52. The number of benzene rings is 1. The maximum absolute atomic E-state index is 11.4. The molecule has 1 aromatic carbocycles. The average molecular weight is 277 g/mol. The van der Waals surface area contributed by atoms with Gasteiger partial charge in [0.15, 0.2) is 5.13 Å². The summed E-state index contributed by atoms with van der Waals surface area (Å²) in [6.45, 7) is 1.78. The summed E-state index contributed by atoms with van der Waals surface area (Å²) in [5, 5.41) is 0.934. The van der Waals surface area contributed by atoms with Crippen molar-refractivity contribution in [2.75, 3.05) is 25.1 Å². The van der Waals surface area contributed by atoms with Crippen molar-refractivity contribution < 1.29 is 9.53 Å². The van der Waals surface area contributed by atoms with Crippen LogP contribution in [0, 0.1) is 0 Å². The number of hydrogen-bond acceptors (Lipinski definition) is 5. The van der Waals surface area contributed by atoms with E-state index >= 15 is 0 Å². The fourth-order valence-electron chi connectivity index (χ4n) is 2.37. The minimum absolute atomic E-state index is 0.266. The first-order valence-corrected chi connectivity index (χ1v) is 6.98. The van der Waals surface area contributed by atoms with Gasteiger partial charge in [-0.2, -0.15) is 0 Å². The third-order valence-corrected chi connectivity index (χ3v) is 4.50. The van der Waals surface area contributed by atoms with Crippen LogP contribution in [0.1, 0.15) is 16.8 Å². The average Bonchev–Trinajstić information content (AvgIpc) is 3.03. The number of methoxy groups -OCH3 is 1. The molecule has 1 amide bonds. The number of para-hydroxylation sites is 1. The summed E-state index contributed by atoms with van der Waals surface area (Å²) in [4.78, 5) is 18.2. The molecule has 3 rings (SSSR count). The van der Waals surface area contributed by atoms with E-state index in [-0.39, 0.29) is 6.10 Å². The third kappa shape index (κ3) is 2.17. The molecule has 1 atom stereocenters. The molecule has 6 heteroatoms. The van der Waals surface area contributed by atoms with E-state index in [1.165, 1.54) is 0 Å². The molecule has 100 valence electrons. The van der Waals surface area contributed by atoms with Gasteiger partial charge in [0, 0.05) is 20.2 Å². The molecule has 0 spiro atoms. The Morgan fingerprint density at radius 2 is 2.42 bits per heavy atom. The first-order valence-electron chi connectivity index (χ1n) is 6.16. The highest BCUT2D eigenvalue weighted by atomic mass is 32.1. The molecule has 2 N–H and O–H groups in total. The van der Waals surface area contributed by atoms with Crippen molar-refractivity contribution >= 4 is 32.6 Å². The van der Waals surface area contributed by atoms with Gasteiger partial charge in [0.25, 0.3) is 5.91 Å². The summed E-state index contributed by atoms with van der Waals surface area (Å²) in [5.41, 5.74) is 6.57. The molecule has 1 fully saturated rings. The summed E-state index contributed by atoms with van der Waals surface area (Å²) >= 11 is 1.59. The lowest BCUT2D eigenvalue weighted by molar-refractivity contribution is 0.100. The molecule has 0 bridgehead atoms. The Bertz CT molecular complexity index is 625. The van der Waals surface area contributed by atoms with E-state index in [0.29, 0.717) is 11.1 Å². The first-order chi connectivity index (χ1) is 9.19. The Morgan fingerprint density at radius 1 is 1.58 bits per heavy atom. The number of fused-ring (bicyclic) bond motifs is 1. The second-order valence-corrected chi connectivity index (χ2v) is 5.61. The minimum Gasteiger partial charge on any atom is -0.380 e. The number of primary amides is 1. The van der Waals surface area contributed by atoms with Crippen LogP contribution >= 0.6 is 11.3 Å². The van der Waals surface area contributed by atoms with Crippen molar-refractivity contribution in [3.63, 3.8) is 0 Å². The van der Waals surface area contributed by atoms with E-state index in [2.05, 4.69) is 9.88 Å². The Morgan fingerprint density at radius 3 is 3.11 bits per heavy atom. The molecule has 2 aromatic rings. The molecule has 2 heterocycles. The Hall–Kier alpha value is -1.66. The Labute approximate surface area is 115 Å². The molecular formula is C13H15N3O2S. The predicted molar refractivity (Wildman–Crippen MR) is 75.8 cm³/mol. The van der Waals surface area contributed by atoms with Crippen LogP contribution in [-0.2, 0) is 4.74 Å². The standard InChI is InChI=1S/C13H15N3O2S/c1-18-8-5-6-16(7-8)13-15-11-9(12(14)17)3-2-4-10(11)19-13/h2-4,8H,5-7H2,1H3,(H2,14,17). The quantitative estimate of drug-likeness (QED) is 0.925. The van der Waals surface area contributed by atoms with Gasteiger partial charge in [-0.15, -0.1) is 0 Å². The minimum atomic E-state index is -0.432. The number of aromatic nitrogens is 1. The summed E-state index contributed by atoms with van der Waals surface area (Å²) in [7, 11) is 1.73. The predicted octanol–water partition coefficient (Wildman–Crippen LogP) is 1.62. The fraction of sp³-hybridized carbons (Fsp3) is 0.385. The number of carbonyl (C=O) groups excluding carboxylic acids is 1. The molecule has 5 nitrogen and oxygen atoms in total. The highest BCUT2D eigenvalue weighted by Crippen LogP contribution is 2.32. The van der Waals surface area contributed by atoms with Crippen LogP contribution in [0.25, 0.3) is 10.2 Å². The van der Waals surface area contributed by atoms with Gasteiger partial charge >= 0.3 is 0 Å². The molecule has 0 saturated carbocycles. The number of anilines is 1. The molecule has 1 aliphatic heterocycles. The Kier molecular flexibility index (Phi) is 3.12. The van der Waals surface area contributed by atoms with E-state index in [1.54, 1.807) is 24.5 Å². The van der Waals surface area contributed by atoms with Gasteiger partial charge in [0.2, 0.25) is 0 Å². The maximum Gasteiger partial charge on any atom is 0.250 e. The van der Waals surface area contributed by atoms with Crippen LogP contribution < -0.4 is 10.6 Å². The molecule has 1 unspecified atom stereocenters. The van der Waals surface area contributed by atoms with Crippen LogP contribution in [-0.4, -0.2) is 37.2 Å². The van der Waals surface area contributed by atoms with Crippen molar-refractivity contribution in [1.82, 2.24) is 4.98 Å². The van der Waals surface area contributed by atoms with Gasteiger partial charge in [0.1, 0.15) is 0 Å². The van der Waals surface area contributed by atoms with Gasteiger partial charge in [-0.3, -0.25) is 4.79 Å². The van der Waals surface area contributed by atoms with E-state index in [4.69, 9.17) is 10.5 Å². The molecule has 1 saturated heterocycles. The van der Waals surface area contributed by atoms with Crippen LogP contribution in [0.4, 0.5) is 5.13 Å². The van der Waals surface area contributed by atoms with Crippen molar-refractivity contribution in [2.45, 2.75) is 12.5 Å². The molecule has 0 radical (unpaired) electrons. The topological polar surface area (TPSA) is 68.4 Å². The zero-order chi connectivity index (χ0) is 13.4. The monoisotopic (exact) mass is 277 g/mol. The van der Waals surface area contributed by atoms with Gasteiger partial charge in [-0.1, -0.05) is 17.4 Å².